The fourth-order valence-electron chi connectivity index (χ4n) is 2.57. The number of aliphatic hydroxyl groups is 2. The van der Waals surface area contributed by atoms with Gasteiger partial charge in [-0.1, -0.05) is 0 Å². The minimum Gasteiger partial charge on any atom is -0.444 e. The summed E-state index contributed by atoms with van der Waals surface area (Å²) in [5.74, 6) is 0. The lowest BCUT2D eigenvalue weighted by Crippen LogP contribution is -2.51. The van der Waals surface area contributed by atoms with Crippen molar-refractivity contribution in [3.63, 3.8) is 0 Å². The number of carbonyl (C=O) groups excluding carboxylic acids is 1. The van der Waals surface area contributed by atoms with E-state index in [4.69, 9.17) is 9.84 Å². The van der Waals surface area contributed by atoms with Crippen LogP contribution in [-0.2, 0) is 4.74 Å². The van der Waals surface area contributed by atoms with E-state index in [1.54, 1.807) is 4.90 Å². The maximum atomic E-state index is 12.0. The average molecular weight is 272 g/mol. The van der Waals surface area contributed by atoms with Crippen molar-refractivity contribution in [1.29, 1.82) is 0 Å². The predicted octanol–water partition coefficient (Wildman–Crippen LogP) is 0.0332. The van der Waals surface area contributed by atoms with Gasteiger partial charge in [-0.15, -0.1) is 0 Å². The zero-order valence-electron chi connectivity index (χ0n) is 11.9. The van der Waals surface area contributed by atoms with Gasteiger partial charge in [0.25, 0.3) is 0 Å². The van der Waals surface area contributed by atoms with Crippen LogP contribution < -0.4 is 0 Å². The summed E-state index contributed by atoms with van der Waals surface area (Å²) in [5.41, 5.74) is -0.467. The Balaban J connectivity index is 1.86. The van der Waals surface area contributed by atoms with Crippen molar-refractivity contribution in [3.05, 3.63) is 0 Å². The number of β-amino-alcohol motifs (C(OH)–C–C–N with tert-alkyl or cyclic N) is 1. The van der Waals surface area contributed by atoms with E-state index in [1.165, 1.54) is 0 Å². The summed E-state index contributed by atoms with van der Waals surface area (Å²) >= 11 is 0. The van der Waals surface area contributed by atoms with E-state index in [9.17, 15) is 9.90 Å². The van der Waals surface area contributed by atoms with Gasteiger partial charge in [0.2, 0.25) is 0 Å². The SMILES string of the molecule is CC(C)(C)OC(=O)N1CCN(CC(O)CO)C2CC21. The van der Waals surface area contributed by atoms with Crippen LogP contribution in [0, 0.1) is 0 Å². The second kappa shape index (κ2) is 5.26. The largest absolute Gasteiger partial charge is 0.444 e. The van der Waals surface area contributed by atoms with Crippen molar-refractivity contribution in [2.24, 2.45) is 0 Å². The number of fused-ring (bicyclic) bond motifs is 1. The van der Waals surface area contributed by atoms with Gasteiger partial charge in [0, 0.05) is 25.7 Å². The van der Waals surface area contributed by atoms with Crippen molar-refractivity contribution in [2.75, 3.05) is 26.2 Å². The Morgan fingerprint density at radius 1 is 1.37 bits per heavy atom. The monoisotopic (exact) mass is 272 g/mol. The molecule has 1 amide bonds. The van der Waals surface area contributed by atoms with Crippen LogP contribution in [0.15, 0.2) is 0 Å². The number of piperazine rings is 1. The van der Waals surface area contributed by atoms with Gasteiger partial charge in [-0.25, -0.2) is 4.79 Å². The molecule has 1 aliphatic carbocycles. The third kappa shape index (κ3) is 3.58. The molecule has 1 heterocycles. The van der Waals surface area contributed by atoms with Crippen LogP contribution in [0.2, 0.25) is 0 Å². The van der Waals surface area contributed by atoms with E-state index in [2.05, 4.69) is 4.90 Å². The normalized spacial score (nSPS) is 28.8. The van der Waals surface area contributed by atoms with E-state index in [1.807, 2.05) is 20.8 Å². The molecule has 0 spiro atoms. The minimum atomic E-state index is -0.700. The van der Waals surface area contributed by atoms with E-state index in [0.29, 0.717) is 19.1 Å². The van der Waals surface area contributed by atoms with E-state index >= 15 is 0 Å². The van der Waals surface area contributed by atoms with E-state index < -0.39 is 11.7 Å². The third-order valence-electron chi connectivity index (χ3n) is 3.51. The first-order valence-corrected chi connectivity index (χ1v) is 6.84. The standard InChI is InChI=1S/C13H24N2O4/c1-13(2,3)19-12(18)15-5-4-14(7-9(17)8-16)10-6-11(10)15/h9-11,16-17H,4-8H2,1-3H3. The van der Waals surface area contributed by atoms with Gasteiger partial charge < -0.3 is 19.8 Å². The molecule has 6 nitrogen and oxygen atoms in total. The zero-order valence-corrected chi connectivity index (χ0v) is 11.9. The summed E-state index contributed by atoms with van der Waals surface area (Å²) in [6, 6.07) is 0.511. The number of aliphatic hydroxyl groups excluding tert-OH is 2. The second-order valence-electron chi connectivity index (χ2n) is 6.38. The van der Waals surface area contributed by atoms with Crippen LogP contribution in [0.4, 0.5) is 4.79 Å². The Morgan fingerprint density at radius 2 is 2.05 bits per heavy atom. The van der Waals surface area contributed by atoms with Gasteiger partial charge in [-0.05, 0) is 27.2 Å². The summed E-state index contributed by atoms with van der Waals surface area (Å²) in [7, 11) is 0. The Hall–Kier alpha value is -0.850. The smallest absolute Gasteiger partial charge is 0.410 e. The molecule has 1 aliphatic heterocycles. The lowest BCUT2D eigenvalue weighted by molar-refractivity contribution is 0.00479. The molecule has 3 unspecified atom stereocenters. The first-order valence-electron chi connectivity index (χ1n) is 6.84. The molecule has 0 aromatic rings. The fraction of sp³-hybridized carbons (Fsp3) is 0.923. The summed E-state index contributed by atoms with van der Waals surface area (Å²) in [4.78, 5) is 16.0. The van der Waals surface area contributed by atoms with Crippen LogP contribution >= 0.6 is 0 Å². The Bertz CT molecular complexity index is 342. The van der Waals surface area contributed by atoms with Gasteiger partial charge in [0.05, 0.1) is 18.8 Å². The van der Waals surface area contributed by atoms with Gasteiger partial charge >= 0.3 is 6.09 Å². The molecular weight excluding hydrogens is 248 g/mol. The highest BCUT2D eigenvalue weighted by Gasteiger charge is 2.51. The highest BCUT2D eigenvalue weighted by atomic mass is 16.6. The Labute approximate surface area is 113 Å². The Kier molecular flexibility index (Phi) is 4.03. The number of hydrogen-bond donors (Lipinski definition) is 2. The van der Waals surface area contributed by atoms with Crippen molar-refractivity contribution in [2.45, 2.75) is 51.0 Å². The lowest BCUT2D eigenvalue weighted by Gasteiger charge is -2.35. The average Bonchev–Trinajstić information content (AvgIpc) is 3.06. The first-order chi connectivity index (χ1) is 8.81. The second-order valence-corrected chi connectivity index (χ2v) is 6.38. The molecule has 110 valence electrons. The summed E-state index contributed by atoms with van der Waals surface area (Å²) in [5, 5.41) is 18.3. The van der Waals surface area contributed by atoms with Gasteiger partial charge in [0.1, 0.15) is 5.60 Å². The maximum Gasteiger partial charge on any atom is 0.410 e. The molecule has 0 aromatic heterocycles. The summed E-state index contributed by atoms with van der Waals surface area (Å²) in [6.07, 6.45) is -0.0195. The molecule has 3 atom stereocenters. The maximum absolute atomic E-state index is 12.0. The number of nitrogens with zero attached hydrogens (tertiary/aromatic N) is 2. The molecule has 2 fully saturated rings. The fourth-order valence-corrected chi connectivity index (χ4v) is 2.57. The van der Waals surface area contributed by atoms with Crippen molar-refractivity contribution >= 4 is 6.09 Å². The van der Waals surface area contributed by atoms with E-state index in [0.717, 1.165) is 13.0 Å². The van der Waals surface area contributed by atoms with Crippen LogP contribution in [0.1, 0.15) is 27.2 Å². The molecule has 1 saturated heterocycles. The Morgan fingerprint density at radius 3 is 2.63 bits per heavy atom. The summed E-state index contributed by atoms with van der Waals surface area (Å²) in [6.45, 7) is 7.19. The summed E-state index contributed by atoms with van der Waals surface area (Å²) < 4.78 is 5.39. The number of ether oxygens (including phenoxy) is 1. The molecule has 0 aromatic carbocycles. The highest BCUT2D eigenvalue weighted by molar-refractivity contribution is 5.69. The first kappa shape index (κ1) is 14.6. The molecule has 1 saturated carbocycles. The molecule has 0 bridgehead atoms. The third-order valence-corrected chi connectivity index (χ3v) is 3.51. The van der Waals surface area contributed by atoms with Crippen molar-refractivity contribution in [3.8, 4) is 0 Å². The van der Waals surface area contributed by atoms with Crippen molar-refractivity contribution < 1.29 is 19.7 Å². The molecule has 0 radical (unpaired) electrons. The molecular formula is C13H24N2O4. The van der Waals surface area contributed by atoms with Crippen LogP contribution in [0.3, 0.4) is 0 Å². The molecule has 2 N–H and O–H groups in total. The lowest BCUT2D eigenvalue weighted by atomic mass is 10.2. The molecule has 2 rings (SSSR count). The topological polar surface area (TPSA) is 73.2 Å². The molecule has 2 aliphatic rings. The number of amides is 1. The van der Waals surface area contributed by atoms with Gasteiger partial charge in [-0.3, -0.25) is 4.90 Å². The zero-order chi connectivity index (χ0) is 14.2. The highest BCUT2D eigenvalue weighted by Crippen LogP contribution is 2.37. The van der Waals surface area contributed by atoms with Crippen LogP contribution in [0.25, 0.3) is 0 Å². The number of hydrogen-bond acceptors (Lipinski definition) is 5. The van der Waals surface area contributed by atoms with Gasteiger partial charge in [-0.2, -0.15) is 0 Å². The van der Waals surface area contributed by atoms with E-state index in [-0.39, 0.29) is 18.7 Å². The number of carbonyl (C=O) groups is 1. The number of rotatable bonds is 3. The molecule has 19 heavy (non-hydrogen) atoms. The van der Waals surface area contributed by atoms with Crippen molar-refractivity contribution in [1.82, 2.24) is 9.80 Å². The van der Waals surface area contributed by atoms with Crippen LogP contribution in [-0.4, -0.2) is 76.1 Å². The predicted molar refractivity (Wildman–Crippen MR) is 69.8 cm³/mol. The van der Waals surface area contributed by atoms with Gasteiger partial charge in [0.15, 0.2) is 0 Å². The van der Waals surface area contributed by atoms with Crippen LogP contribution in [0.5, 0.6) is 0 Å². The minimum absolute atomic E-state index is 0.203. The molecule has 6 heteroatoms. The quantitative estimate of drug-likeness (QED) is 0.758.